The van der Waals surface area contributed by atoms with Crippen LogP contribution in [0.4, 0.5) is 0 Å². The van der Waals surface area contributed by atoms with Crippen LogP contribution < -0.4 is 4.74 Å². The van der Waals surface area contributed by atoms with Crippen molar-refractivity contribution in [3.63, 3.8) is 0 Å². The van der Waals surface area contributed by atoms with Crippen LogP contribution in [0, 0.1) is 0 Å². The molecule has 0 spiro atoms. The van der Waals surface area contributed by atoms with Crippen molar-refractivity contribution in [2.24, 2.45) is 0 Å². The Hall–Kier alpha value is -2.13. The third-order valence-corrected chi connectivity index (χ3v) is 6.41. The molecule has 0 amide bonds. The van der Waals surface area contributed by atoms with Crippen molar-refractivity contribution in [2.75, 3.05) is 0 Å². The molecule has 0 heterocycles. The van der Waals surface area contributed by atoms with Gasteiger partial charge in [-0.15, -0.1) is 0 Å². The van der Waals surface area contributed by atoms with Gasteiger partial charge in [0.05, 0.1) is 6.42 Å². The first-order valence-electron chi connectivity index (χ1n) is 11.8. The van der Waals surface area contributed by atoms with E-state index in [0.717, 1.165) is 24.8 Å². The highest BCUT2D eigenvalue weighted by Crippen LogP contribution is 2.23. The highest BCUT2D eigenvalue weighted by atomic mass is 32.2. The first kappa shape index (κ1) is 28.9. The average Bonchev–Trinajstić information content (AvgIpc) is 2.73. The summed E-state index contributed by atoms with van der Waals surface area (Å²) in [5.74, 6) is -2.42. The lowest BCUT2D eigenvalue weighted by Crippen LogP contribution is -2.36. The van der Waals surface area contributed by atoms with E-state index in [1.165, 1.54) is 58.3 Å². The number of carbonyl (C=O) groups excluding carboxylic acids is 1. The van der Waals surface area contributed by atoms with E-state index in [4.69, 9.17) is 19.1 Å². The number of para-hydroxylation sites is 1. The van der Waals surface area contributed by atoms with E-state index in [1.54, 1.807) is 12.1 Å². The zero-order chi connectivity index (χ0) is 24.7. The Labute approximate surface area is 197 Å². The Bertz CT molecular complexity index is 822. The molecule has 0 radical (unpaired) electrons. The summed E-state index contributed by atoms with van der Waals surface area (Å²) >= 11 is 0. The number of carbonyl (C=O) groups is 2. The Balaban J connectivity index is 2.47. The Morgan fingerprint density at radius 3 is 2.03 bits per heavy atom. The smallest absolute Gasteiger partial charge is 0.330 e. The third kappa shape index (κ3) is 12.6. The van der Waals surface area contributed by atoms with Crippen LogP contribution in [0.15, 0.2) is 24.3 Å². The number of hydrogen-bond donors (Lipinski definition) is 2. The van der Waals surface area contributed by atoms with Gasteiger partial charge in [-0.3, -0.25) is 14.1 Å². The monoisotopic (exact) mass is 486 g/mol. The van der Waals surface area contributed by atoms with Gasteiger partial charge in [-0.05, 0) is 24.5 Å². The van der Waals surface area contributed by atoms with Gasteiger partial charge in [0.25, 0.3) is 10.1 Å². The predicted molar refractivity (Wildman–Crippen MR) is 126 cm³/mol. The van der Waals surface area contributed by atoms with Crippen LogP contribution in [0.3, 0.4) is 0 Å². The van der Waals surface area contributed by atoms with Crippen molar-refractivity contribution in [1.29, 1.82) is 0 Å². The predicted octanol–water partition coefficient (Wildman–Crippen LogP) is 5.15. The minimum Gasteiger partial charge on any atom is -0.481 e. The van der Waals surface area contributed by atoms with Crippen molar-refractivity contribution in [2.45, 2.75) is 102 Å². The van der Waals surface area contributed by atoms with Crippen LogP contribution in [0.5, 0.6) is 5.75 Å². The number of carboxylic acids is 1. The first-order chi connectivity index (χ1) is 15.6. The summed E-state index contributed by atoms with van der Waals surface area (Å²) < 4.78 is 42.4. The van der Waals surface area contributed by atoms with Crippen molar-refractivity contribution >= 4 is 22.1 Å². The van der Waals surface area contributed by atoms with Gasteiger partial charge < -0.3 is 14.6 Å². The molecule has 0 bridgehead atoms. The van der Waals surface area contributed by atoms with Gasteiger partial charge in [0, 0.05) is 6.92 Å². The molecular weight excluding hydrogens is 448 g/mol. The molecule has 0 aliphatic rings. The zero-order valence-corrected chi connectivity index (χ0v) is 20.5. The molecule has 1 aromatic carbocycles. The second-order valence-electron chi connectivity index (χ2n) is 8.26. The summed E-state index contributed by atoms with van der Waals surface area (Å²) in [5.41, 5.74) is 0.942. The van der Waals surface area contributed by atoms with E-state index in [2.05, 4.69) is 6.92 Å². The quantitative estimate of drug-likeness (QED) is 0.126. The van der Waals surface area contributed by atoms with E-state index >= 15 is 0 Å². The maximum atomic E-state index is 12.1. The maximum Gasteiger partial charge on any atom is 0.330 e. The second kappa shape index (κ2) is 15.7. The molecule has 2 atom stereocenters. The molecule has 188 valence electrons. The summed E-state index contributed by atoms with van der Waals surface area (Å²) in [6, 6.07) is 7.31. The number of aliphatic carboxylic acids is 1. The number of benzene rings is 1. The number of rotatable bonds is 18. The van der Waals surface area contributed by atoms with Crippen LogP contribution in [0.25, 0.3) is 0 Å². The highest BCUT2D eigenvalue weighted by Gasteiger charge is 2.36. The van der Waals surface area contributed by atoms with Gasteiger partial charge in [0.2, 0.25) is 6.29 Å². The lowest BCUT2D eigenvalue weighted by atomic mass is 10.0. The Kier molecular flexibility index (Phi) is 13.7. The normalized spacial score (nSPS) is 13.3. The highest BCUT2D eigenvalue weighted by molar-refractivity contribution is 7.87. The van der Waals surface area contributed by atoms with Crippen LogP contribution in [-0.4, -0.2) is 41.6 Å². The number of ether oxygens (including phenoxy) is 2. The van der Waals surface area contributed by atoms with Crippen molar-refractivity contribution in [3.8, 4) is 5.75 Å². The topological polar surface area (TPSA) is 127 Å². The number of unbranched alkanes of at least 4 members (excludes halogenated alkanes) is 9. The lowest BCUT2D eigenvalue weighted by Gasteiger charge is -2.19. The summed E-state index contributed by atoms with van der Waals surface area (Å²) in [5, 5.41) is 6.58. The van der Waals surface area contributed by atoms with E-state index in [9.17, 15) is 18.0 Å². The van der Waals surface area contributed by atoms with Crippen LogP contribution >= 0.6 is 0 Å². The molecule has 9 heteroatoms. The molecule has 0 saturated heterocycles. The summed E-state index contributed by atoms with van der Waals surface area (Å²) in [6.45, 7) is 3.62. The Morgan fingerprint density at radius 1 is 0.939 bits per heavy atom. The van der Waals surface area contributed by atoms with Crippen LogP contribution in [0.2, 0.25) is 0 Å². The van der Waals surface area contributed by atoms with Gasteiger partial charge in [-0.25, -0.2) is 0 Å². The third-order valence-electron chi connectivity index (χ3n) is 5.33. The summed E-state index contributed by atoms with van der Waals surface area (Å²) in [4.78, 5) is 22.9. The maximum absolute atomic E-state index is 12.1. The first-order valence-corrected chi connectivity index (χ1v) is 13.3. The SMILES string of the molecule is CCCCCCCCCCCCc1ccccc1OC(C)OC(=O)C(CC(=O)O)S(=O)(=O)O. The fraction of sp³-hybridized carbons (Fsp3) is 0.667. The molecule has 0 saturated carbocycles. The molecule has 33 heavy (non-hydrogen) atoms. The Morgan fingerprint density at radius 2 is 1.48 bits per heavy atom. The van der Waals surface area contributed by atoms with Crippen molar-refractivity contribution in [3.05, 3.63) is 29.8 Å². The summed E-state index contributed by atoms with van der Waals surface area (Å²) in [7, 11) is -4.92. The number of hydrogen-bond acceptors (Lipinski definition) is 6. The molecule has 0 aliphatic carbocycles. The molecule has 1 rings (SSSR count). The molecule has 2 N–H and O–H groups in total. The van der Waals surface area contributed by atoms with Crippen LogP contribution in [-0.2, 0) is 30.9 Å². The molecule has 1 aromatic rings. The van der Waals surface area contributed by atoms with Crippen molar-refractivity contribution in [1.82, 2.24) is 0 Å². The largest absolute Gasteiger partial charge is 0.481 e. The van der Waals surface area contributed by atoms with Crippen molar-refractivity contribution < 1.29 is 37.1 Å². The number of esters is 1. The fourth-order valence-corrected chi connectivity index (χ4v) is 4.19. The zero-order valence-electron chi connectivity index (χ0n) is 19.7. The molecule has 0 aromatic heterocycles. The molecule has 2 unspecified atom stereocenters. The lowest BCUT2D eigenvalue weighted by molar-refractivity contribution is -0.162. The summed E-state index contributed by atoms with van der Waals surface area (Å²) in [6.07, 6.45) is 10.9. The minimum atomic E-state index is -4.92. The molecular formula is C24H38O8S. The van der Waals surface area contributed by atoms with Crippen LogP contribution in [0.1, 0.15) is 90.0 Å². The van der Waals surface area contributed by atoms with E-state index in [0.29, 0.717) is 5.75 Å². The standard InChI is InChI=1S/C24H38O8S/c1-3-4-5-6-7-8-9-10-11-12-15-20-16-13-14-17-21(20)31-19(2)32-24(27)22(18-23(25)26)33(28,29)30/h13-14,16-17,19,22H,3-12,15,18H2,1-2H3,(H,25,26)(H,28,29,30). The number of carboxylic acid groups (broad SMARTS) is 1. The molecule has 8 nitrogen and oxygen atoms in total. The van der Waals surface area contributed by atoms with Gasteiger partial charge in [0.1, 0.15) is 5.75 Å². The van der Waals surface area contributed by atoms with E-state index < -0.39 is 40.0 Å². The fourth-order valence-electron chi connectivity index (χ4n) is 3.54. The molecule has 0 aliphatic heterocycles. The van der Waals surface area contributed by atoms with E-state index in [-0.39, 0.29) is 0 Å². The van der Waals surface area contributed by atoms with Gasteiger partial charge >= 0.3 is 11.9 Å². The van der Waals surface area contributed by atoms with Gasteiger partial charge in [0.15, 0.2) is 5.25 Å². The van der Waals surface area contributed by atoms with E-state index in [1.807, 2.05) is 12.1 Å². The second-order valence-corrected chi connectivity index (χ2v) is 9.86. The van der Waals surface area contributed by atoms with Gasteiger partial charge in [-0.2, -0.15) is 8.42 Å². The average molecular weight is 487 g/mol. The minimum absolute atomic E-state index is 0.510. The number of aryl methyl sites for hydroxylation is 1. The van der Waals surface area contributed by atoms with Gasteiger partial charge in [-0.1, -0.05) is 82.9 Å². The molecule has 0 fully saturated rings.